The molecule has 1 aliphatic rings. The number of nitrogens with one attached hydrogen (secondary N) is 1. The number of alkyl halides is 3. The van der Waals surface area contributed by atoms with Gasteiger partial charge in [0, 0.05) is 13.2 Å². The quantitative estimate of drug-likeness (QED) is 0.636. The van der Waals surface area contributed by atoms with Crippen molar-refractivity contribution < 1.29 is 32.6 Å². The van der Waals surface area contributed by atoms with E-state index in [9.17, 15) is 22.8 Å². The van der Waals surface area contributed by atoms with Crippen LogP contribution in [0.4, 0.5) is 13.2 Å². The van der Waals surface area contributed by atoms with Crippen molar-refractivity contribution >= 4 is 11.9 Å². The van der Waals surface area contributed by atoms with Gasteiger partial charge in [-0.05, 0) is 38.6 Å². The summed E-state index contributed by atoms with van der Waals surface area (Å²) in [5.41, 5.74) is 5.15. The molecule has 4 N–H and O–H groups in total. The molecular weight excluding hydrogens is 293 g/mol. The summed E-state index contributed by atoms with van der Waals surface area (Å²) in [7, 11) is 0. The minimum Gasteiger partial charge on any atom is -0.480 e. The third-order valence-electron chi connectivity index (χ3n) is 2.64. The third-order valence-corrected chi connectivity index (χ3v) is 2.64. The second-order valence-corrected chi connectivity index (χ2v) is 4.47. The Balaban J connectivity index is 0.000000662. The van der Waals surface area contributed by atoms with Crippen LogP contribution in [0.5, 0.6) is 0 Å². The lowest BCUT2D eigenvalue weighted by atomic mass is 10.1. The van der Waals surface area contributed by atoms with Gasteiger partial charge in [0.25, 0.3) is 0 Å². The Labute approximate surface area is 120 Å². The van der Waals surface area contributed by atoms with Crippen LogP contribution in [0.25, 0.3) is 0 Å². The second-order valence-electron chi connectivity index (χ2n) is 4.47. The molecule has 0 spiro atoms. The number of hydrogen-bond acceptors (Lipinski definition) is 4. The first-order chi connectivity index (χ1) is 9.79. The third kappa shape index (κ3) is 10.1. The highest BCUT2D eigenvalue weighted by atomic mass is 19.4. The van der Waals surface area contributed by atoms with Gasteiger partial charge in [0.15, 0.2) is 0 Å². The van der Waals surface area contributed by atoms with Gasteiger partial charge in [-0.2, -0.15) is 13.2 Å². The van der Waals surface area contributed by atoms with Gasteiger partial charge in [0.2, 0.25) is 0 Å². The molecular formula is C12H21F3N2O4. The summed E-state index contributed by atoms with van der Waals surface area (Å²) >= 11 is 0. The van der Waals surface area contributed by atoms with Gasteiger partial charge in [-0.1, -0.05) is 0 Å². The molecule has 1 unspecified atom stereocenters. The normalized spacial score (nSPS) is 15.8. The maximum Gasteiger partial charge on any atom is 0.471 e. The molecule has 1 aliphatic heterocycles. The van der Waals surface area contributed by atoms with Crippen molar-refractivity contribution in [3.05, 3.63) is 0 Å². The molecule has 0 saturated carbocycles. The van der Waals surface area contributed by atoms with Gasteiger partial charge in [0.1, 0.15) is 6.04 Å². The van der Waals surface area contributed by atoms with Gasteiger partial charge < -0.3 is 20.9 Å². The molecule has 1 saturated heterocycles. The van der Waals surface area contributed by atoms with Crippen molar-refractivity contribution in [1.29, 1.82) is 0 Å². The Morgan fingerprint density at radius 3 is 2.14 bits per heavy atom. The first-order valence-corrected chi connectivity index (χ1v) is 6.67. The molecule has 6 nitrogen and oxygen atoms in total. The van der Waals surface area contributed by atoms with Gasteiger partial charge in [-0.15, -0.1) is 0 Å². The molecule has 1 rings (SSSR count). The summed E-state index contributed by atoms with van der Waals surface area (Å²) in [5.74, 6) is -3.73. The number of carboxylic acid groups (broad SMARTS) is 1. The Morgan fingerprint density at radius 1 is 1.24 bits per heavy atom. The molecule has 0 aromatic rings. The van der Waals surface area contributed by atoms with Crippen LogP contribution in [-0.4, -0.2) is 49.0 Å². The van der Waals surface area contributed by atoms with Crippen LogP contribution in [0.15, 0.2) is 0 Å². The maximum absolute atomic E-state index is 11.8. The number of halogens is 3. The fourth-order valence-corrected chi connectivity index (χ4v) is 1.50. The summed E-state index contributed by atoms with van der Waals surface area (Å²) in [5, 5.41) is 9.98. The minimum absolute atomic E-state index is 0.0750. The van der Waals surface area contributed by atoms with Crippen molar-refractivity contribution in [2.75, 3.05) is 19.8 Å². The zero-order valence-corrected chi connectivity index (χ0v) is 11.6. The lowest BCUT2D eigenvalue weighted by Gasteiger charge is -2.15. The summed E-state index contributed by atoms with van der Waals surface area (Å²) in [6.45, 7) is 2.32. The van der Waals surface area contributed by atoms with E-state index in [2.05, 4.69) is 0 Å². The number of ether oxygens (including phenoxy) is 1. The van der Waals surface area contributed by atoms with Crippen LogP contribution in [0.2, 0.25) is 0 Å². The van der Waals surface area contributed by atoms with Crippen molar-refractivity contribution in [1.82, 2.24) is 5.32 Å². The Morgan fingerprint density at radius 2 is 1.81 bits per heavy atom. The van der Waals surface area contributed by atoms with E-state index in [1.54, 1.807) is 0 Å². The Hall–Kier alpha value is -1.35. The summed E-state index contributed by atoms with van der Waals surface area (Å²) in [6, 6.07) is -1.53. The summed E-state index contributed by atoms with van der Waals surface area (Å²) < 4.78 is 40.5. The number of rotatable bonds is 6. The van der Waals surface area contributed by atoms with Gasteiger partial charge in [-0.3, -0.25) is 4.79 Å². The lowest BCUT2D eigenvalue weighted by Crippen LogP contribution is -2.46. The van der Waals surface area contributed by atoms with Crippen LogP contribution >= 0.6 is 0 Å². The van der Waals surface area contributed by atoms with Crippen LogP contribution < -0.4 is 11.1 Å². The number of carbonyl (C=O) groups is 2. The number of hydrogen-bond donors (Lipinski definition) is 3. The van der Waals surface area contributed by atoms with Gasteiger partial charge >= 0.3 is 18.1 Å². The van der Waals surface area contributed by atoms with E-state index < -0.39 is 24.1 Å². The highest BCUT2D eigenvalue weighted by Crippen LogP contribution is 2.15. The summed E-state index contributed by atoms with van der Waals surface area (Å²) in [6.07, 6.45) is -1.76. The molecule has 0 aliphatic carbocycles. The largest absolute Gasteiger partial charge is 0.480 e. The molecule has 21 heavy (non-hydrogen) atoms. The first-order valence-electron chi connectivity index (χ1n) is 6.67. The Bertz CT molecular complexity index is 313. The lowest BCUT2D eigenvalue weighted by molar-refractivity contribution is -0.175. The zero-order chi connectivity index (χ0) is 16.3. The average molecular weight is 314 g/mol. The van der Waals surface area contributed by atoms with E-state index in [-0.39, 0.29) is 6.42 Å². The highest BCUT2D eigenvalue weighted by molar-refractivity contribution is 5.86. The Kier molecular flexibility index (Phi) is 9.72. The minimum atomic E-state index is -5.07. The zero-order valence-electron chi connectivity index (χ0n) is 11.6. The number of amides is 1. The molecule has 0 radical (unpaired) electrons. The average Bonchev–Trinajstić information content (AvgIpc) is 2.95. The number of carbonyl (C=O) groups excluding carboxylic acids is 1. The number of nitrogens with two attached hydrogens (primary N) is 1. The van der Waals surface area contributed by atoms with E-state index in [1.807, 2.05) is 0 Å². The monoisotopic (exact) mass is 314 g/mol. The fourth-order valence-electron chi connectivity index (χ4n) is 1.50. The molecule has 0 aromatic heterocycles. The van der Waals surface area contributed by atoms with E-state index in [1.165, 1.54) is 18.2 Å². The molecule has 0 aromatic carbocycles. The molecule has 1 atom stereocenters. The molecule has 1 fully saturated rings. The number of unbranched alkanes of at least 4 members (excludes halogenated alkanes) is 1. The molecule has 9 heteroatoms. The second kappa shape index (κ2) is 10.4. The molecule has 1 heterocycles. The standard InChI is InChI=1S/C8H13F3N2O3.C4H8O/c9-8(10,11)7(16)13-5(6(14)15)3-1-2-4-12;1-2-4-5-3-1/h5H,1-4,12H2,(H,13,16)(H,14,15);1-4H2. The van der Waals surface area contributed by atoms with E-state index in [4.69, 9.17) is 15.6 Å². The topological polar surface area (TPSA) is 102 Å². The van der Waals surface area contributed by atoms with Crippen molar-refractivity contribution in [3.63, 3.8) is 0 Å². The van der Waals surface area contributed by atoms with E-state index in [0.717, 1.165) is 13.2 Å². The molecule has 1 amide bonds. The van der Waals surface area contributed by atoms with Crippen molar-refractivity contribution in [2.45, 2.75) is 44.3 Å². The molecule has 0 bridgehead atoms. The SMILES string of the molecule is C1CCOC1.NCCCCC(NC(=O)C(F)(F)F)C(=O)O. The van der Waals surface area contributed by atoms with Crippen molar-refractivity contribution in [3.8, 4) is 0 Å². The van der Waals surface area contributed by atoms with Crippen LogP contribution in [0.3, 0.4) is 0 Å². The van der Waals surface area contributed by atoms with E-state index in [0.29, 0.717) is 19.4 Å². The van der Waals surface area contributed by atoms with E-state index >= 15 is 0 Å². The van der Waals surface area contributed by atoms with Crippen LogP contribution in [-0.2, 0) is 14.3 Å². The van der Waals surface area contributed by atoms with Gasteiger partial charge in [-0.25, -0.2) is 4.79 Å². The highest BCUT2D eigenvalue weighted by Gasteiger charge is 2.40. The van der Waals surface area contributed by atoms with Crippen LogP contribution in [0, 0.1) is 0 Å². The maximum atomic E-state index is 11.8. The first kappa shape index (κ1) is 19.7. The van der Waals surface area contributed by atoms with Crippen LogP contribution in [0.1, 0.15) is 32.1 Å². The van der Waals surface area contributed by atoms with Crippen molar-refractivity contribution in [2.24, 2.45) is 5.73 Å². The number of carboxylic acids is 1. The van der Waals surface area contributed by atoms with Gasteiger partial charge in [0.05, 0.1) is 0 Å². The smallest absolute Gasteiger partial charge is 0.471 e. The number of aliphatic carboxylic acids is 1. The fraction of sp³-hybridized carbons (Fsp3) is 0.833. The summed E-state index contributed by atoms with van der Waals surface area (Å²) in [4.78, 5) is 21.0. The predicted octanol–water partition coefficient (Wildman–Crippen LogP) is 1.04. The predicted molar refractivity (Wildman–Crippen MR) is 68.6 cm³/mol. The molecule has 124 valence electrons.